The standard InChI is InChI=1S/C13H16N2O2/c1-10(2)15-13(16)7-8-17-12-6-4-3-5-11(12)9-14/h3-6,10H,7-8H2,1-2H3,(H,15,16). The second-order valence-corrected chi connectivity index (χ2v) is 3.93. The molecule has 17 heavy (non-hydrogen) atoms. The van der Waals surface area contributed by atoms with E-state index in [4.69, 9.17) is 10.00 Å². The van der Waals surface area contributed by atoms with Gasteiger partial charge in [-0.05, 0) is 26.0 Å². The highest BCUT2D eigenvalue weighted by molar-refractivity contribution is 5.76. The Labute approximate surface area is 101 Å². The summed E-state index contributed by atoms with van der Waals surface area (Å²) in [5.74, 6) is 0.474. The molecule has 1 rings (SSSR count). The number of ether oxygens (including phenoxy) is 1. The Morgan fingerprint density at radius 3 is 2.82 bits per heavy atom. The van der Waals surface area contributed by atoms with Crippen LogP contribution in [-0.2, 0) is 4.79 Å². The van der Waals surface area contributed by atoms with Gasteiger partial charge in [0, 0.05) is 6.04 Å². The van der Waals surface area contributed by atoms with E-state index >= 15 is 0 Å². The predicted molar refractivity (Wildman–Crippen MR) is 64.5 cm³/mol. The Balaban J connectivity index is 2.41. The molecule has 4 nitrogen and oxygen atoms in total. The van der Waals surface area contributed by atoms with E-state index in [0.717, 1.165) is 0 Å². The third-order valence-corrected chi connectivity index (χ3v) is 2.04. The first-order valence-corrected chi connectivity index (χ1v) is 5.54. The fraction of sp³-hybridized carbons (Fsp3) is 0.385. The fourth-order valence-electron chi connectivity index (χ4n) is 1.33. The van der Waals surface area contributed by atoms with Crippen molar-refractivity contribution in [1.29, 1.82) is 5.26 Å². The molecule has 0 spiro atoms. The molecule has 90 valence electrons. The number of carbonyl (C=O) groups excluding carboxylic acids is 1. The number of nitrogens with zero attached hydrogens (tertiary/aromatic N) is 1. The van der Waals surface area contributed by atoms with Gasteiger partial charge in [0.2, 0.25) is 5.91 Å². The molecule has 0 heterocycles. The molecule has 0 aliphatic heterocycles. The van der Waals surface area contributed by atoms with Gasteiger partial charge in [0.25, 0.3) is 0 Å². The van der Waals surface area contributed by atoms with E-state index in [0.29, 0.717) is 11.3 Å². The van der Waals surface area contributed by atoms with Gasteiger partial charge in [-0.15, -0.1) is 0 Å². The molecule has 1 amide bonds. The van der Waals surface area contributed by atoms with E-state index in [2.05, 4.69) is 5.32 Å². The minimum absolute atomic E-state index is 0.0468. The quantitative estimate of drug-likeness (QED) is 0.842. The molecule has 0 aromatic heterocycles. The zero-order valence-electron chi connectivity index (χ0n) is 10.1. The number of benzene rings is 1. The van der Waals surface area contributed by atoms with Crippen molar-refractivity contribution in [1.82, 2.24) is 5.32 Å². The molecular formula is C13H16N2O2. The third kappa shape index (κ3) is 4.56. The van der Waals surface area contributed by atoms with Crippen LogP contribution in [0.5, 0.6) is 5.75 Å². The largest absolute Gasteiger partial charge is 0.492 e. The predicted octanol–water partition coefficient (Wildman–Crippen LogP) is 1.85. The molecule has 4 heteroatoms. The van der Waals surface area contributed by atoms with E-state index in [9.17, 15) is 4.79 Å². The number of hydrogen-bond acceptors (Lipinski definition) is 3. The topological polar surface area (TPSA) is 62.1 Å². The molecule has 0 radical (unpaired) electrons. The molecular weight excluding hydrogens is 216 g/mol. The van der Waals surface area contributed by atoms with Gasteiger partial charge in [-0.2, -0.15) is 5.26 Å². The first-order chi connectivity index (χ1) is 8.13. The molecule has 0 aliphatic carbocycles. The maximum Gasteiger partial charge on any atom is 0.223 e. The second kappa shape index (κ2) is 6.54. The number of para-hydroxylation sites is 1. The third-order valence-electron chi connectivity index (χ3n) is 2.04. The first kappa shape index (κ1) is 13.0. The van der Waals surface area contributed by atoms with Crippen molar-refractivity contribution < 1.29 is 9.53 Å². The molecule has 0 saturated carbocycles. The summed E-state index contributed by atoms with van der Waals surface area (Å²) in [4.78, 5) is 11.3. The lowest BCUT2D eigenvalue weighted by Crippen LogP contribution is -2.31. The van der Waals surface area contributed by atoms with Crippen LogP contribution >= 0.6 is 0 Å². The fourth-order valence-corrected chi connectivity index (χ4v) is 1.33. The Hall–Kier alpha value is -2.02. The molecule has 1 N–H and O–H groups in total. The lowest BCUT2D eigenvalue weighted by Gasteiger charge is -2.09. The van der Waals surface area contributed by atoms with Crippen molar-refractivity contribution in [3.05, 3.63) is 29.8 Å². The van der Waals surface area contributed by atoms with Gasteiger partial charge in [0.1, 0.15) is 11.8 Å². The Bertz CT molecular complexity index is 422. The summed E-state index contributed by atoms with van der Waals surface area (Å²) < 4.78 is 5.40. The summed E-state index contributed by atoms with van der Waals surface area (Å²) in [7, 11) is 0. The number of rotatable bonds is 5. The lowest BCUT2D eigenvalue weighted by atomic mass is 10.2. The zero-order chi connectivity index (χ0) is 12.7. The van der Waals surface area contributed by atoms with Crippen molar-refractivity contribution >= 4 is 5.91 Å². The molecule has 1 aromatic rings. The van der Waals surface area contributed by atoms with Gasteiger partial charge in [-0.25, -0.2) is 0 Å². The Kier molecular flexibility index (Phi) is 5.02. The van der Waals surface area contributed by atoms with Crippen molar-refractivity contribution in [2.75, 3.05) is 6.61 Å². The van der Waals surface area contributed by atoms with Gasteiger partial charge < -0.3 is 10.1 Å². The number of amides is 1. The van der Waals surface area contributed by atoms with Crippen molar-refractivity contribution in [3.8, 4) is 11.8 Å². The number of carbonyl (C=O) groups is 1. The molecule has 0 unspecified atom stereocenters. The molecule has 0 fully saturated rings. The van der Waals surface area contributed by atoms with E-state index in [1.807, 2.05) is 19.9 Å². The normalized spacial score (nSPS) is 9.76. The zero-order valence-corrected chi connectivity index (χ0v) is 10.1. The average Bonchev–Trinajstić information content (AvgIpc) is 2.28. The lowest BCUT2D eigenvalue weighted by molar-refractivity contribution is -0.122. The smallest absolute Gasteiger partial charge is 0.223 e. The highest BCUT2D eigenvalue weighted by Gasteiger charge is 2.05. The van der Waals surface area contributed by atoms with Crippen molar-refractivity contribution in [2.24, 2.45) is 0 Å². The second-order valence-electron chi connectivity index (χ2n) is 3.93. The minimum atomic E-state index is -0.0468. The molecule has 0 aliphatic rings. The maximum atomic E-state index is 11.3. The van der Waals surface area contributed by atoms with Crippen LogP contribution in [0, 0.1) is 11.3 Å². The molecule has 0 saturated heterocycles. The SMILES string of the molecule is CC(C)NC(=O)CCOc1ccccc1C#N. The maximum absolute atomic E-state index is 11.3. The molecule has 0 bridgehead atoms. The summed E-state index contributed by atoms with van der Waals surface area (Å²) in [6, 6.07) is 9.15. The Morgan fingerprint density at radius 2 is 2.18 bits per heavy atom. The van der Waals surface area contributed by atoms with Crippen LogP contribution in [0.2, 0.25) is 0 Å². The van der Waals surface area contributed by atoms with Gasteiger partial charge >= 0.3 is 0 Å². The summed E-state index contributed by atoms with van der Waals surface area (Å²) in [5, 5.41) is 11.6. The number of hydrogen-bond donors (Lipinski definition) is 1. The van der Waals surface area contributed by atoms with E-state index in [1.54, 1.807) is 24.3 Å². The highest BCUT2D eigenvalue weighted by atomic mass is 16.5. The van der Waals surface area contributed by atoms with Gasteiger partial charge in [0.15, 0.2) is 0 Å². The van der Waals surface area contributed by atoms with Gasteiger partial charge in [0.05, 0.1) is 18.6 Å². The van der Waals surface area contributed by atoms with E-state index in [-0.39, 0.29) is 25.0 Å². The summed E-state index contributed by atoms with van der Waals surface area (Å²) in [6.07, 6.45) is 0.290. The van der Waals surface area contributed by atoms with Crippen LogP contribution in [0.3, 0.4) is 0 Å². The monoisotopic (exact) mass is 232 g/mol. The van der Waals surface area contributed by atoms with Crippen LogP contribution < -0.4 is 10.1 Å². The summed E-state index contributed by atoms with van der Waals surface area (Å²) in [5.41, 5.74) is 0.483. The highest BCUT2D eigenvalue weighted by Crippen LogP contribution is 2.16. The van der Waals surface area contributed by atoms with Crippen LogP contribution in [-0.4, -0.2) is 18.6 Å². The van der Waals surface area contributed by atoms with E-state index in [1.165, 1.54) is 0 Å². The number of nitrogens with one attached hydrogen (secondary N) is 1. The van der Waals surface area contributed by atoms with Crippen molar-refractivity contribution in [3.63, 3.8) is 0 Å². The molecule has 1 aromatic carbocycles. The van der Waals surface area contributed by atoms with Gasteiger partial charge in [-0.3, -0.25) is 4.79 Å². The molecule has 0 atom stereocenters. The Morgan fingerprint density at radius 1 is 1.47 bits per heavy atom. The first-order valence-electron chi connectivity index (χ1n) is 5.54. The van der Waals surface area contributed by atoms with Crippen LogP contribution in [0.1, 0.15) is 25.8 Å². The summed E-state index contributed by atoms with van der Waals surface area (Å²) >= 11 is 0. The van der Waals surface area contributed by atoms with Crippen LogP contribution in [0.25, 0.3) is 0 Å². The van der Waals surface area contributed by atoms with Crippen LogP contribution in [0.15, 0.2) is 24.3 Å². The van der Waals surface area contributed by atoms with Crippen LogP contribution in [0.4, 0.5) is 0 Å². The average molecular weight is 232 g/mol. The van der Waals surface area contributed by atoms with Crippen molar-refractivity contribution in [2.45, 2.75) is 26.3 Å². The summed E-state index contributed by atoms with van der Waals surface area (Å²) in [6.45, 7) is 4.09. The van der Waals surface area contributed by atoms with E-state index < -0.39 is 0 Å². The minimum Gasteiger partial charge on any atom is -0.492 e. The van der Waals surface area contributed by atoms with Gasteiger partial charge in [-0.1, -0.05) is 12.1 Å². The number of nitriles is 1.